The van der Waals surface area contributed by atoms with E-state index in [9.17, 15) is 39.0 Å². The summed E-state index contributed by atoms with van der Waals surface area (Å²) >= 11 is 6.06. The fourth-order valence-corrected chi connectivity index (χ4v) is 5.02. The van der Waals surface area contributed by atoms with E-state index in [1.807, 2.05) is 6.07 Å². The van der Waals surface area contributed by atoms with Crippen LogP contribution in [0.5, 0.6) is 0 Å². The van der Waals surface area contributed by atoms with Gasteiger partial charge in [-0.3, -0.25) is 28.8 Å². The average Bonchev–Trinajstić information content (AvgIpc) is 3.50. The number of H-pyrrole nitrogens is 1. The van der Waals surface area contributed by atoms with Crippen LogP contribution in [0.15, 0.2) is 78.9 Å². The predicted molar refractivity (Wildman–Crippen MR) is 177 cm³/mol. The molecule has 4 rings (SSSR count). The van der Waals surface area contributed by atoms with Crippen molar-refractivity contribution in [1.29, 1.82) is 5.26 Å². The second-order valence-electron chi connectivity index (χ2n) is 11.0. The van der Waals surface area contributed by atoms with Gasteiger partial charge < -0.3 is 36.5 Å². The zero-order valence-electron chi connectivity index (χ0n) is 25.7. The molecule has 0 aliphatic rings. The molecule has 0 fully saturated rings. The van der Waals surface area contributed by atoms with Crippen molar-refractivity contribution in [2.24, 2.45) is 0 Å². The van der Waals surface area contributed by atoms with Gasteiger partial charge in [0.1, 0.15) is 23.8 Å². The highest BCUT2D eigenvalue weighted by Crippen LogP contribution is 2.20. The molecule has 3 aromatic carbocycles. The molecule has 0 radical (unpaired) electrons. The number of nitrogens with one attached hydrogen (secondary N) is 5. The molecule has 4 aromatic rings. The van der Waals surface area contributed by atoms with Crippen LogP contribution in [0.3, 0.4) is 0 Å². The number of nitrogens with zero attached hydrogens (tertiary/aromatic N) is 1. The standard InChI is InChI=1S/C34H31ClN6O8/c35-22-10-11-24-21(15-22)16-27(38-24)33(48)40-26(14-19-6-8-20(18-36)9-7-19)32(47)41-28(17-30(44)45)34(49)39-25(12-13-29(42)43)31(46)37-23-4-2-1-3-5-23/h1-11,15-16,25-26,28,38H,12-14,17H2,(H,37,46)(H,39,49)(H,40,48)(H,41,47)(H,42,43)(H,44,45)/t25-,26-,28-/m0/s1. The molecule has 0 aliphatic carbocycles. The maximum Gasteiger partial charge on any atom is 0.305 e. The third-order valence-electron chi connectivity index (χ3n) is 7.31. The van der Waals surface area contributed by atoms with Gasteiger partial charge in [-0.05, 0) is 60.5 Å². The summed E-state index contributed by atoms with van der Waals surface area (Å²) < 4.78 is 0. The van der Waals surface area contributed by atoms with Gasteiger partial charge in [0.2, 0.25) is 17.7 Å². The first kappa shape index (κ1) is 35.7. The number of aromatic amines is 1. The highest BCUT2D eigenvalue weighted by Gasteiger charge is 2.32. The zero-order chi connectivity index (χ0) is 35.5. The first-order chi connectivity index (χ1) is 23.4. The molecule has 0 unspecified atom stereocenters. The third-order valence-corrected chi connectivity index (χ3v) is 7.54. The first-order valence-corrected chi connectivity index (χ1v) is 15.3. The van der Waals surface area contributed by atoms with Crippen molar-refractivity contribution >= 4 is 63.8 Å². The number of carbonyl (C=O) groups excluding carboxylic acids is 4. The summed E-state index contributed by atoms with van der Waals surface area (Å²) in [7, 11) is 0. The Morgan fingerprint density at radius 2 is 1.45 bits per heavy atom. The van der Waals surface area contributed by atoms with Crippen LogP contribution in [0.1, 0.15) is 40.9 Å². The summed E-state index contributed by atoms with van der Waals surface area (Å²) in [5.74, 6) is -6.12. The van der Waals surface area contributed by atoms with Crippen LogP contribution in [0.4, 0.5) is 5.69 Å². The highest BCUT2D eigenvalue weighted by atomic mass is 35.5. The van der Waals surface area contributed by atoms with Crippen molar-refractivity contribution in [3.8, 4) is 6.07 Å². The number of aromatic nitrogens is 1. The fourth-order valence-electron chi connectivity index (χ4n) is 4.84. The summed E-state index contributed by atoms with van der Waals surface area (Å²) in [6, 6.07) is 18.4. The van der Waals surface area contributed by atoms with Crippen LogP contribution in [-0.4, -0.2) is 68.9 Å². The maximum atomic E-state index is 13.7. The van der Waals surface area contributed by atoms with Gasteiger partial charge in [0, 0.05) is 34.5 Å². The fraction of sp³-hybridized carbons (Fsp3) is 0.206. The maximum absolute atomic E-state index is 13.7. The number of nitriles is 1. The topological polar surface area (TPSA) is 231 Å². The Labute approximate surface area is 284 Å². The van der Waals surface area contributed by atoms with E-state index in [4.69, 9.17) is 16.9 Å². The minimum atomic E-state index is -1.72. The molecule has 0 aliphatic heterocycles. The van der Waals surface area contributed by atoms with Crippen molar-refractivity contribution in [2.75, 3.05) is 5.32 Å². The lowest BCUT2D eigenvalue weighted by Crippen LogP contribution is -2.57. The van der Waals surface area contributed by atoms with E-state index in [2.05, 4.69) is 26.3 Å². The van der Waals surface area contributed by atoms with E-state index < -0.39 is 66.5 Å². The van der Waals surface area contributed by atoms with Gasteiger partial charge in [-0.1, -0.05) is 41.9 Å². The van der Waals surface area contributed by atoms with E-state index in [0.717, 1.165) is 0 Å². The van der Waals surface area contributed by atoms with E-state index in [0.29, 0.717) is 32.7 Å². The Morgan fingerprint density at radius 3 is 2.10 bits per heavy atom. The Hall–Kier alpha value is -6.20. The molecule has 49 heavy (non-hydrogen) atoms. The number of para-hydroxylation sites is 1. The molecular weight excluding hydrogens is 656 g/mol. The summed E-state index contributed by atoms with van der Waals surface area (Å²) in [5.41, 5.74) is 1.97. The number of benzene rings is 3. The van der Waals surface area contributed by atoms with E-state index in [1.165, 1.54) is 18.2 Å². The predicted octanol–water partition coefficient (Wildman–Crippen LogP) is 2.98. The average molecular weight is 687 g/mol. The van der Waals surface area contributed by atoms with Gasteiger partial charge >= 0.3 is 11.9 Å². The molecule has 15 heteroatoms. The molecule has 0 bridgehead atoms. The van der Waals surface area contributed by atoms with Crippen LogP contribution in [0.25, 0.3) is 10.9 Å². The second kappa shape index (κ2) is 16.6. The van der Waals surface area contributed by atoms with Crippen molar-refractivity contribution in [3.05, 3.63) is 101 Å². The Balaban J connectivity index is 1.56. The molecule has 1 heterocycles. The Bertz CT molecular complexity index is 1910. The van der Waals surface area contributed by atoms with Crippen molar-refractivity contribution in [2.45, 2.75) is 43.8 Å². The van der Waals surface area contributed by atoms with E-state index in [-0.39, 0.29) is 18.5 Å². The normalized spacial score (nSPS) is 12.5. The lowest BCUT2D eigenvalue weighted by atomic mass is 10.0. The number of carboxylic acid groups (broad SMARTS) is 2. The number of fused-ring (bicyclic) bond motifs is 1. The van der Waals surface area contributed by atoms with Crippen LogP contribution < -0.4 is 21.3 Å². The number of aliphatic carboxylic acids is 2. The number of hydrogen-bond acceptors (Lipinski definition) is 7. The summed E-state index contributed by atoms with van der Waals surface area (Å²) in [4.78, 5) is 79.4. The molecule has 3 atom stereocenters. The number of carboxylic acids is 2. The van der Waals surface area contributed by atoms with Crippen LogP contribution in [-0.2, 0) is 30.4 Å². The molecule has 0 saturated carbocycles. The van der Waals surface area contributed by atoms with Gasteiger partial charge in [0.05, 0.1) is 18.1 Å². The van der Waals surface area contributed by atoms with Crippen molar-refractivity contribution in [3.63, 3.8) is 0 Å². The first-order valence-electron chi connectivity index (χ1n) is 14.9. The SMILES string of the molecule is N#Cc1ccc(C[C@H](NC(=O)c2cc3cc(Cl)ccc3[nH]2)C(=O)N[C@@H](CC(=O)O)C(=O)N[C@@H](CCC(=O)O)C(=O)Nc2ccccc2)cc1. The molecule has 7 N–H and O–H groups in total. The molecule has 0 spiro atoms. The van der Waals surface area contributed by atoms with E-state index in [1.54, 1.807) is 60.7 Å². The van der Waals surface area contributed by atoms with Crippen molar-refractivity contribution in [1.82, 2.24) is 20.9 Å². The highest BCUT2D eigenvalue weighted by molar-refractivity contribution is 6.31. The molecule has 252 valence electrons. The molecule has 1 aromatic heterocycles. The quantitative estimate of drug-likeness (QED) is 0.0973. The number of rotatable bonds is 15. The van der Waals surface area contributed by atoms with E-state index >= 15 is 0 Å². The Kier molecular flexibility index (Phi) is 12.1. The smallest absolute Gasteiger partial charge is 0.305 e. The van der Waals surface area contributed by atoms with Crippen LogP contribution >= 0.6 is 11.6 Å². The zero-order valence-corrected chi connectivity index (χ0v) is 26.5. The lowest BCUT2D eigenvalue weighted by molar-refractivity contribution is -0.141. The molecular formula is C34H31ClN6O8. The number of halogens is 1. The van der Waals surface area contributed by atoms with Crippen molar-refractivity contribution < 1.29 is 39.0 Å². The number of carbonyl (C=O) groups is 6. The molecule has 4 amide bonds. The second-order valence-corrected chi connectivity index (χ2v) is 11.4. The summed E-state index contributed by atoms with van der Waals surface area (Å²) in [6.45, 7) is 0. The van der Waals surface area contributed by atoms with Crippen LogP contribution in [0, 0.1) is 11.3 Å². The van der Waals surface area contributed by atoms with Crippen LogP contribution in [0.2, 0.25) is 5.02 Å². The van der Waals surface area contributed by atoms with Gasteiger partial charge in [0.25, 0.3) is 5.91 Å². The summed E-state index contributed by atoms with van der Waals surface area (Å²) in [5, 5.41) is 38.9. The molecule has 0 saturated heterocycles. The minimum absolute atomic E-state index is 0.0976. The Morgan fingerprint density at radius 1 is 0.776 bits per heavy atom. The number of anilines is 1. The van der Waals surface area contributed by atoms with Gasteiger partial charge in [0.15, 0.2) is 0 Å². The van der Waals surface area contributed by atoms with Gasteiger partial charge in [-0.2, -0.15) is 5.26 Å². The number of hydrogen-bond donors (Lipinski definition) is 7. The minimum Gasteiger partial charge on any atom is -0.481 e. The lowest BCUT2D eigenvalue weighted by Gasteiger charge is -2.24. The summed E-state index contributed by atoms with van der Waals surface area (Å²) in [6.07, 6.45) is -1.84. The molecule has 14 nitrogen and oxygen atoms in total. The van der Waals surface area contributed by atoms with Gasteiger partial charge in [-0.15, -0.1) is 0 Å². The monoisotopic (exact) mass is 686 g/mol. The van der Waals surface area contributed by atoms with Gasteiger partial charge in [-0.25, -0.2) is 0 Å². The largest absolute Gasteiger partial charge is 0.481 e. The number of amides is 4. The third kappa shape index (κ3) is 10.4.